The normalized spacial score (nSPS) is 14.0. The average Bonchev–Trinajstić information content (AvgIpc) is 3.25. The number of carbonyl (C=O) groups excluding carboxylic acids is 2. The zero-order valence-corrected chi connectivity index (χ0v) is 20.7. The van der Waals surface area contributed by atoms with Crippen LogP contribution in [0.1, 0.15) is 24.3 Å². The molecule has 0 aliphatic carbocycles. The van der Waals surface area contributed by atoms with E-state index in [0.29, 0.717) is 26.1 Å². The monoisotopic (exact) mass is 483 g/mol. The highest BCUT2D eigenvalue weighted by atomic mass is 32.2. The van der Waals surface area contributed by atoms with E-state index in [2.05, 4.69) is 23.2 Å². The summed E-state index contributed by atoms with van der Waals surface area (Å²) in [5.41, 5.74) is 1.05. The summed E-state index contributed by atoms with van der Waals surface area (Å²) >= 11 is 3.27. The molecule has 0 unspecified atom stereocenters. The Morgan fingerprint density at radius 1 is 1.12 bits per heavy atom. The van der Waals surface area contributed by atoms with Crippen LogP contribution in [-0.4, -0.2) is 65.2 Å². The summed E-state index contributed by atoms with van der Waals surface area (Å²) < 4.78 is 0. The van der Waals surface area contributed by atoms with E-state index in [0.717, 1.165) is 52.0 Å². The molecule has 7 nitrogen and oxygen atoms in total. The van der Waals surface area contributed by atoms with Crippen LogP contribution in [0, 0.1) is 0 Å². The molecule has 0 spiro atoms. The Morgan fingerprint density at radius 3 is 2.58 bits per heavy atom. The number of carbonyl (C=O) groups is 2. The Kier molecular flexibility index (Phi) is 7.82. The summed E-state index contributed by atoms with van der Waals surface area (Å²) in [6.07, 6.45) is 1.41. The van der Waals surface area contributed by atoms with Gasteiger partial charge in [-0.1, -0.05) is 49.0 Å². The lowest BCUT2D eigenvalue weighted by atomic mass is 10.1. The Bertz CT molecular complexity index is 1110. The minimum atomic E-state index is -0.0295. The predicted molar refractivity (Wildman–Crippen MR) is 135 cm³/mol. The van der Waals surface area contributed by atoms with Gasteiger partial charge in [0.05, 0.1) is 11.8 Å². The quantitative estimate of drug-likeness (QED) is 0.301. The highest BCUT2D eigenvalue weighted by Crippen LogP contribution is 2.33. The molecule has 4 rings (SSSR count). The first-order valence-corrected chi connectivity index (χ1v) is 13.1. The largest absolute Gasteiger partial charge is 0.356 e. The highest BCUT2D eigenvalue weighted by Gasteiger charge is 2.24. The van der Waals surface area contributed by atoms with Gasteiger partial charge in [-0.15, -0.1) is 11.3 Å². The van der Waals surface area contributed by atoms with Crippen molar-refractivity contribution in [3.8, 4) is 0 Å². The average molecular weight is 484 g/mol. The molecule has 3 aromatic rings. The second-order valence-corrected chi connectivity index (χ2v) is 10.2. The third kappa shape index (κ3) is 6.03. The van der Waals surface area contributed by atoms with E-state index in [1.807, 2.05) is 35.2 Å². The van der Waals surface area contributed by atoms with Crippen molar-refractivity contribution in [2.24, 2.45) is 0 Å². The van der Waals surface area contributed by atoms with Gasteiger partial charge < -0.3 is 15.1 Å². The van der Waals surface area contributed by atoms with Crippen LogP contribution in [0.4, 0.5) is 5.82 Å². The number of hydrogen-bond donors (Lipinski definition) is 1. The summed E-state index contributed by atoms with van der Waals surface area (Å²) in [7, 11) is 0. The van der Waals surface area contributed by atoms with Crippen molar-refractivity contribution in [1.29, 1.82) is 0 Å². The number of thiophene rings is 1. The van der Waals surface area contributed by atoms with Gasteiger partial charge in [-0.25, -0.2) is 9.97 Å². The molecule has 0 atom stereocenters. The Morgan fingerprint density at radius 2 is 1.88 bits per heavy atom. The molecular formula is C24H29N5O2S2. The lowest BCUT2D eigenvalue weighted by Crippen LogP contribution is -2.49. The fraction of sp³-hybridized carbons (Fsp3) is 0.417. The molecule has 0 bridgehead atoms. The standard InChI is InChI=1S/C24H29N5O2S2/c1-3-19-16-20-22(26-24(27-23(20)33-19)32-14-9-25-17(2)30)29-12-10-28(11-13-29)21(31)15-18-7-5-4-6-8-18/h4-8,16H,3,9-15H2,1-2H3,(H,25,30). The van der Waals surface area contributed by atoms with Gasteiger partial charge in [0.1, 0.15) is 10.6 Å². The van der Waals surface area contributed by atoms with Crippen molar-refractivity contribution >= 4 is 50.9 Å². The zero-order valence-electron chi connectivity index (χ0n) is 19.0. The Hall–Kier alpha value is -2.65. The van der Waals surface area contributed by atoms with Crippen LogP contribution in [0.3, 0.4) is 0 Å². The lowest BCUT2D eigenvalue weighted by molar-refractivity contribution is -0.130. The summed E-state index contributed by atoms with van der Waals surface area (Å²) in [4.78, 5) is 40.1. The van der Waals surface area contributed by atoms with Crippen LogP contribution in [-0.2, 0) is 22.4 Å². The van der Waals surface area contributed by atoms with E-state index < -0.39 is 0 Å². The number of aryl methyl sites for hydroxylation is 1. The summed E-state index contributed by atoms with van der Waals surface area (Å²) in [6, 6.07) is 12.1. The number of benzene rings is 1. The number of anilines is 1. The van der Waals surface area contributed by atoms with E-state index in [9.17, 15) is 9.59 Å². The van der Waals surface area contributed by atoms with Crippen LogP contribution < -0.4 is 10.2 Å². The Labute approximate surface area is 202 Å². The Balaban J connectivity index is 1.46. The number of fused-ring (bicyclic) bond motifs is 1. The van der Waals surface area contributed by atoms with E-state index in [-0.39, 0.29) is 11.8 Å². The van der Waals surface area contributed by atoms with Gasteiger partial charge in [0.15, 0.2) is 5.16 Å². The van der Waals surface area contributed by atoms with E-state index in [1.54, 1.807) is 23.1 Å². The van der Waals surface area contributed by atoms with Gasteiger partial charge in [-0.2, -0.15) is 0 Å². The fourth-order valence-corrected chi connectivity index (χ4v) is 5.55. The minimum absolute atomic E-state index is 0.0295. The maximum atomic E-state index is 12.8. The minimum Gasteiger partial charge on any atom is -0.356 e. The molecule has 1 fully saturated rings. The first kappa shape index (κ1) is 23.5. The second-order valence-electron chi connectivity index (χ2n) is 7.98. The second kappa shape index (κ2) is 11.0. The molecule has 1 saturated heterocycles. The van der Waals surface area contributed by atoms with Crippen LogP contribution >= 0.6 is 23.1 Å². The molecule has 1 aliphatic rings. The van der Waals surface area contributed by atoms with Crippen molar-refractivity contribution in [3.63, 3.8) is 0 Å². The number of nitrogens with zero attached hydrogens (tertiary/aromatic N) is 4. The first-order valence-electron chi connectivity index (χ1n) is 11.3. The molecule has 9 heteroatoms. The SMILES string of the molecule is CCc1cc2c(N3CCN(C(=O)Cc4ccccc4)CC3)nc(SCCNC(C)=O)nc2s1. The van der Waals surface area contributed by atoms with E-state index in [1.165, 1.54) is 11.8 Å². The molecule has 1 aliphatic heterocycles. The molecule has 0 saturated carbocycles. The number of aromatic nitrogens is 2. The molecule has 174 valence electrons. The number of hydrogen-bond acceptors (Lipinski definition) is 7. The van der Waals surface area contributed by atoms with Crippen LogP contribution in [0.25, 0.3) is 10.2 Å². The summed E-state index contributed by atoms with van der Waals surface area (Å²) in [6.45, 7) is 7.13. The van der Waals surface area contributed by atoms with Gasteiger partial charge in [0.25, 0.3) is 0 Å². The van der Waals surface area contributed by atoms with Crippen molar-refractivity contribution in [1.82, 2.24) is 20.2 Å². The molecule has 0 radical (unpaired) electrons. The van der Waals surface area contributed by atoms with Crippen LogP contribution in [0.5, 0.6) is 0 Å². The summed E-state index contributed by atoms with van der Waals surface area (Å²) in [5.74, 6) is 1.82. The van der Waals surface area contributed by atoms with Crippen molar-refractivity contribution in [2.45, 2.75) is 31.8 Å². The van der Waals surface area contributed by atoms with Gasteiger partial charge in [-0.3, -0.25) is 9.59 Å². The maximum Gasteiger partial charge on any atom is 0.227 e. The van der Waals surface area contributed by atoms with Gasteiger partial charge >= 0.3 is 0 Å². The summed E-state index contributed by atoms with van der Waals surface area (Å²) in [5, 5.41) is 4.64. The molecule has 1 N–H and O–H groups in total. The molecule has 3 heterocycles. The number of amides is 2. The van der Waals surface area contributed by atoms with Crippen molar-refractivity contribution in [3.05, 3.63) is 46.8 Å². The predicted octanol–water partition coefficient (Wildman–Crippen LogP) is 3.37. The topological polar surface area (TPSA) is 78.4 Å². The van der Waals surface area contributed by atoms with Crippen LogP contribution in [0.15, 0.2) is 41.6 Å². The first-order chi connectivity index (χ1) is 16.0. The number of thioether (sulfide) groups is 1. The van der Waals surface area contributed by atoms with Crippen molar-refractivity contribution < 1.29 is 9.59 Å². The third-order valence-electron chi connectivity index (χ3n) is 5.59. The molecule has 1 aromatic carbocycles. The number of nitrogens with one attached hydrogen (secondary N) is 1. The lowest BCUT2D eigenvalue weighted by Gasteiger charge is -2.35. The molecule has 2 aromatic heterocycles. The zero-order chi connectivity index (χ0) is 23.2. The molecule has 2 amide bonds. The maximum absolute atomic E-state index is 12.8. The molecule has 33 heavy (non-hydrogen) atoms. The third-order valence-corrected chi connectivity index (χ3v) is 7.61. The smallest absolute Gasteiger partial charge is 0.227 e. The van der Waals surface area contributed by atoms with E-state index in [4.69, 9.17) is 9.97 Å². The van der Waals surface area contributed by atoms with Gasteiger partial charge in [0.2, 0.25) is 11.8 Å². The van der Waals surface area contributed by atoms with Gasteiger partial charge in [-0.05, 0) is 18.1 Å². The molecular weight excluding hydrogens is 454 g/mol. The van der Waals surface area contributed by atoms with Crippen molar-refractivity contribution in [2.75, 3.05) is 43.4 Å². The number of rotatable bonds is 8. The van der Waals surface area contributed by atoms with E-state index >= 15 is 0 Å². The van der Waals surface area contributed by atoms with Crippen LogP contribution in [0.2, 0.25) is 0 Å². The fourth-order valence-electron chi connectivity index (χ4n) is 3.84. The number of piperazine rings is 1. The highest BCUT2D eigenvalue weighted by molar-refractivity contribution is 7.99. The van der Waals surface area contributed by atoms with Gasteiger partial charge in [0, 0.05) is 50.3 Å².